The second kappa shape index (κ2) is 8.47. The van der Waals surface area contributed by atoms with E-state index >= 15 is 0 Å². The molecule has 0 unspecified atom stereocenters. The zero-order valence-electron chi connectivity index (χ0n) is 11.2. The highest BCUT2D eigenvalue weighted by atomic mass is 16.5. The van der Waals surface area contributed by atoms with Gasteiger partial charge in [0.05, 0.1) is 11.6 Å². The molecule has 0 aliphatic heterocycles. The fourth-order valence-corrected chi connectivity index (χ4v) is 1.48. The minimum absolute atomic E-state index is 0.0344. The molecule has 0 fully saturated rings. The van der Waals surface area contributed by atoms with Crippen molar-refractivity contribution in [1.29, 1.82) is 10.5 Å². The van der Waals surface area contributed by atoms with E-state index in [9.17, 15) is 4.79 Å². The Morgan fingerprint density at radius 2 is 2.05 bits per heavy atom. The molecule has 1 rings (SSSR count). The van der Waals surface area contributed by atoms with E-state index < -0.39 is 5.91 Å². The smallest absolute Gasteiger partial charge is 0.261 e. The molecule has 5 nitrogen and oxygen atoms in total. The summed E-state index contributed by atoms with van der Waals surface area (Å²) in [5.74, 6) is -0.409. The maximum absolute atomic E-state index is 11.8. The van der Waals surface area contributed by atoms with Gasteiger partial charge in [0.15, 0.2) is 0 Å². The maximum Gasteiger partial charge on any atom is 0.261 e. The van der Waals surface area contributed by atoms with Crippen LogP contribution in [0, 0.1) is 22.7 Å². The number of ether oxygens (including phenoxy) is 1. The van der Waals surface area contributed by atoms with Crippen LogP contribution in [0.5, 0.6) is 0 Å². The van der Waals surface area contributed by atoms with Gasteiger partial charge in [-0.1, -0.05) is 12.1 Å². The molecule has 1 aromatic rings. The molecule has 5 heteroatoms. The summed E-state index contributed by atoms with van der Waals surface area (Å²) in [6.07, 6.45) is 2.19. The Hall–Kier alpha value is -2.63. The number of carbonyl (C=O) groups is 1. The third-order valence-electron chi connectivity index (χ3n) is 2.53. The largest absolute Gasteiger partial charge is 0.385 e. The van der Waals surface area contributed by atoms with Crippen molar-refractivity contribution in [1.82, 2.24) is 5.32 Å². The molecule has 0 radical (unpaired) electrons. The Kier molecular flexibility index (Phi) is 6.53. The van der Waals surface area contributed by atoms with Crippen molar-refractivity contribution in [3.8, 4) is 12.1 Å². The third kappa shape index (κ3) is 4.93. The molecular formula is C15H15N3O2. The van der Waals surface area contributed by atoms with Gasteiger partial charge in [0.25, 0.3) is 5.91 Å². The Balaban J connectivity index is 2.69. The predicted molar refractivity (Wildman–Crippen MR) is 74.2 cm³/mol. The Morgan fingerprint density at radius 1 is 1.35 bits per heavy atom. The topological polar surface area (TPSA) is 85.9 Å². The van der Waals surface area contributed by atoms with Crippen molar-refractivity contribution in [3.05, 3.63) is 41.0 Å². The molecule has 20 heavy (non-hydrogen) atoms. The SMILES string of the molecule is COCCCNC(=O)C(C#N)=Cc1ccc(C#N)cc1. The molecule has 0 aliphatic rings. The monoisotopic (exact) mass is 269 g/mol. The third-order valence-corrected chi connectivity index (χ3v) is 2.53. The number of benzene rings is 1. The van der Waals surface area contributed by atoms with Gasteiger partial charge in [-0.05, 0) is 30.2 Å². The second-order valence-corrected chi connectivity index (χ2v) is 4.01. The molecule has 1 N–H and O–H groups in total. The number of hydrogen-bond donors (Lipinski definition) is 1. The Labute approximate surface area is 118 Å². The van der Waals surface area contributed by atoms with Crippen LogP contribution in [0.15, 0.2) is 29.8 Å². The Morgan fingerprint density at radius 3 is 2.60 bits per heavy atom. The van der Waals surface area contributed by atoms with E-state index in [1.165, 1.54) is 6.08 Å². The van der Waals surface area contributed by atoms with Crippen LogP contribution in [0.25, 0.3) is 6.08 Å². The summed E-state index contributed by atoms with van der Waals surface area (Å²) in [5, 5.41) is 20.3. The number of amides is 1. The molecule has 0 bridgehead atoms. The van der Waals surface area contributed by atoms with Gasteiger partial charge in [-0.2, -0.15) is 10.5 Å². The van der Waals surface area contributed by atoms with Crippen molar-refractivity contribution in [3.63, 3.8) is 0 Å². The van der Waals surface area contributed by atoms with Crippen LogP contribution < -0.4 is 5.32 Å². The minimum Gasteiger partial charge on any atom is -0.385 e. The normalized spacial score (nSPS) is 10.4. The average molecular weight is 269 g/mol. The van der Waals surface area contributed by atoms with E-state index in [-0.39, 0.29) is 5.57 Å². The molecule has 0 saturated carbocycles. The average Bonchev–Trinajstić information content (AvgIpc) is 2.49. The van der Waals surface area contributed by atoms with Gasteiger partial charge in [-0.25, -0.2) is 0 Å². The second-order valence-electron chi connectivity index (χ2n) is 4.01. The molecule has 0 atom stereocenters. The lowest BCUT2D eigenvalue weighted by Crippen LogP contribution is -2.26. The lowest BCUT2D eigenvalue weighted by molar-refractivity contribution is -0.117. The van der Waals surface area contributed by atoms with Crippen molar-refractivity contribution in [2.75, 3.05) is 20.3 Å². The van der Waals surface area contributed by atoms with E-state index in [1.54, 1.807) is 31.4 Å². The molecule has 0 aromatic heterocycles. The number of nitriles is 2. The van der Waals surface area contributed by atoms with Crippen LogP contribution in [-0.4, -0.2) is 26.2 Å². The van der Waals surface area contributed by atoms with Crippen molar-refractivity contribution >= 4 is 12.0 Å². The first-order valence-corrected chi connectivity index (χ1v) is 6.10. The fraction of sp³-hybridized carbons (Fsp3) is 0.267. The molecule has 0 saturated heterocycles. The van der Waals surface area contributed by atoms with Gasteiger partial charge >= 0.3 is 0 Å². The number of rotatable bonds is 6. The summed E-state index contributed by atoms with van der Waals surface area (Å²) in [4.78, 5) is 11.8. The Bertz CT molecular complexity index is 562. The van der Waals surface area contributed by atoms with Crippen LogP contribution in [0.1, 0.15) is 17.5 Å². The van der Waals surface area contributed by atoms with Gasteiger partial charge < -0.3 is 10.1 Å². The zero-order valence-corrected chi connectivity index (χ0v) is 11.2. The van der Waals surface area contributed by atoms with E-state index in [2.05, 4.69) is 5.32 Å². The first-order valence-electron chi connectivity index (χ1n) is 6.10. The number of hydrogen-bond acceptors (Lipinski definition) is 4. The van der Waals surface area contributed by atoms with Gasteiger partial charge in [0.2, 0.25) is 0 Å². The maximum atomic E-state index is 11.8. The number of nitrogens with one attached hydrogen (secondary N) is 1. The first-order chi connectivity index (χ1) is 9.71. The highest BCUT2D eigenvalue weighted by Gasteiger charge is 2.07. The zero-order chi connectivity index (χ0) is 14.8. The van der Waals surface area contributed by atoms with Gasteiger partial charge in [0.1, 0.15) is 11.6 Å². The fourth-order valence-electron chi connectivity index (χ4n) is 1.48. The number of methoxy groups -OCH3 is 1. The standard InChI is InChI=1S/C15H15N3O2/c1-20-8-2-7-18-15(19)14(11-17)9-12-3-5-13(10-16)6-4-12/h3-6,9H,2,7-8H2,1H3,(H,18,19). The summed E-state index contributed by atoms with van der Waals surface area (Å²) in [6.45, 7) is 1.01. The number of nitrogens with zero attached hydrogens (tertiary/aromatic N) is 2. The summed E-state index contributed by atoms with van der Waals surface area (Å²) in [7, 11) is 1.59. The van der Waals surface area contributed by atoms with Crippen LogP contribution >= 0.6 is 0 Å². The summed E-state index contributed by atoms with van der Waals surface area (Å²) in [5.41, 5.74) is 1.27. The summed E-state index contributed by atoms with van der Waals surface area (Å²) >= 11 is 0. The highest BCUT2D eigenvalue weighted by molar-refractivity contribution is 6.01. The van der Waals surface area contributed by atoms with Crippen LogP contribution in [0.3, 0.4) is 0 Å². The van der Waals surface area contributed by atoms with E-state index in [0.717, 1.165) is 0 Å². The highest BCUT2D eigenvalue weighted by Crippen LogP contribution is 2.08. The first kappa shape index (κ1) is 15.4. The van der Waals surface area contributed by atoms with Crippen LogP contribution in [0.2, 0.25) is 0 Å². The molecule has 1 amide bonds. The number of carbonyl (C=O) groups excluding carboxylic acids is 1. The lowest BCUT2D eigenvalue weighted by Gasteiger charge is -2.03. The molecule has 0 heterocycles. The predicted octanol–water partition coefficient (Wildman–Crippen LogP) is 1.62. The molecule has 0 spiro atoms. The van der Waals surface area contributed by atoms with Crippen LogP contribution in [0.4, 0.5) is 0 Å². The van der Waals surface area contributed by atoms with E-state index in [4.69, 9.17) is 15.3 Å². The van der Waals surface area contributed by atoms with Crippen LogP contribution in [-0.2, 0) is 9.53 Å². The molecular weight excluding hydrogens is 254 g/mol. The minimum atomic E-state index is -0.409. The summed E-state index contributed by atoms with van der Waals surface area (Å²) in [6, 6.07) is 10.5. The van der Waals surface area contributed by atoms with Crippen molar-refractivity contribution in [2.24, 2.45) is 0 Å². The molecule has 102 valence electrons. The van der Waals surface area contributed by atoms with E-state index in [1.807, 2.05) is 12.1 Å². The van der Waals surface area contributed by atoms with Crippen molar-refractivity contribution in [2.45, 2.75) is 6.42 Å². The van der Waals surface area contributed by atoms with Gasteiger partial charge in [-0.15, -0.1) is 0 Å². The van der Waals surface area contributed by atoms with Crippen molar-refractivity contribution < 1.29 is 9.53 Å². The lowest BCUT2D eigenvalue weighted by atomic mass is 10.1. The van der Waals surface area contributed by atoms with E-state index in [0.29, 0.717) is 30.7 Å². The molecule has 0 aliphatic carbocycles. The molecule has 1 aromatic carbocycles. The summed E-state index contributed by atoms with van der Waals surface area (Å²) < 4.78 is 4.87. The quantitative estimate of drug-likeness (QED) is 0.483. The van der Waals surface area contributed by atoms with Gasteiger partial charge in [-0.3, -0.25) is 4.79 Å². The van der Waals surface area contributed by atoms with Gasteiger partial charge in [0, 0.05) is 20.3 Å².